The zero-order valence-electron chi connectivity index (χ0n) is 9.28. The number of halogens is 2. The summed E-state index contributed by atoms with van der Waals surface area (Å²) in [5.74, 6) is -0.809. The average Bonchev–Trinajstić information content (AvgIpc) is 2.24. The lowest BCUT2D eigenvalue weighted by molar-refractivity contribution is -0.119. The van der Waals surface area contributed by atoms with Gasteiger partial charge in [0.1, 0.15) is 4.90 Å². The highest BCUT2D eigenvalue weighted by molar-refractivity contribution is 7.89. The van der Waals surface area contributed by atoms with Crippen molar-refractivity contribution in [3.05, 3.63) is 22.2 Å². The number of nitrogens with one attached hydrogen (secondary N) is 1. The summed E-state index contributed by atoms with van der Waals surface area (Å²) in [6.07, 6.45) is 0. The summed E-state index contributed by atoms with van der Waals surface area (Å²) in [5, 5.41) is -0.0615. The maximum absolute atomic E-state index is 11.9. The predicted octanol–water partition coefficient (Wildman–Crippen LogP) is 0.728. The number of nitrogens with two attached hydrogens (primary N) is 2. The number of nitrogen functional groups attached to an aromatic ring is 1. The fourth-order valence-corrected chi connectivity index (χ4v) is 3.09. The molecule has 0 spiro atoms. The Morgan fingerprint density at radius 1 is 1.39 bits per heavy atom. The average molecular weight is 312 g/mol. The highest BCUT2D eigenvalue weighted by atomic mass is 35.5. The van der Waals surface area contributed by atoms with Crippen molar-refractivity contribution in [1.82, 2.24) is 4.72 Å². The van der Waals surface area contributed by atoms with Gasteiger partial charge in [0.05, 0.1) is 21.8 Å². The highest BCUT2D eigenvalue weighted by Gasteiger charge is 2.24. The van der Waals surface area contributed by atoms with Crippen LogP contribution in [0.2, 0.25) is 10.0 Å². The van der Waals surface area contributed by atoms with Crippen molar-refractivity contribution in [1.29, 1.82) is 0 Å². The van der Waals surface area contributed by atoms with Crippen LogP contribution in [0.15, 0.2) is 17.0 Å². The SMILES string of the molecule is CC(NS(=O)(=O)c1ccc(Cl)c(N)c1Cl)C(N)=O. The molecule has 18 heavy (non-hydrogen) atoms. The van der Waals surface area contributed by atoms with E-state index in [9.17, 15) is 13.2 Å². The van der Waals surface area contributed by atoms with Crippen LogP contribution in [0.5, 0.6) is 0 Å². The maximum atomic E-state index is 11.9. The van der Waals surface area contributed by atoms with E-state index in [0.717, 1.165) is 0 Å². The van der Waals surface area contributed by atoms with Gasteiger partial charge in [-0.3, -0.25) is 4.79 Å². The van der Waals surface area contributed by atoms with Gasteiger partial charge in [-0.15, -0.1) is 0 Å². The number of rotatable bonds is 4. The molecule has 1 amide bonds. The molecule has 1 unspecified atom stereocenters. The molecule has 0 bridgehead atoms. The van der Waals surface area contributed by atoms with E-state index in [1.54, 1.807) is 0 Å². The molecule has 0 aliphatic carbocycles. The lowest BCUT2D eigenvalue weighted by Gasteiger charge is -2.13. The molecule has 0 aliphatic heterocycles. The minimum absolute atomic E-state index is 0.0482. The molecule has 1 aromatic carbocycles. The summed E-state index contributed by atoms with van der Waals surface area (Å²) < 4.78 is 25.9. The van der Waals surface area contributed by atoms with E-state index in [2.05, 4.69) is 4.72 Å². The molecule has 0 saturated heterocycles. The molecular formula is C9H11Cl2N3O3S. The quantitative estimate of drug-likeness (QED) is 0.711. The number of carbonyl (C=O) groups excluding carboxylic acids is 1. The molecule has 5 N–H and O–H groups in total. The van der Waals surface area contributed by atoms with E-state index in [1.807, 2.05) is 0 Å². The Kier molecular flexibility index (Phi) is 4.44. The maximum Gasteiger partial charge on any atom is 0.242 e. The molecule has 0 aliphatic rings. The van der Waals surface area contributed by atoms with Crippen LogP contribution in [0.25, 0.3) is 0 Å². The fourth-order valence-electron chi connectivity index (χ4n) is 1.11. The van der Waals surface area contributed by atoms with Crippen molar-refractivity contribution in [2.45, 2.75) is 17.9 Å². The molecule has 6 nitrogen and oxygen atoms in total. The number of sulfonamides is 1. The van der Waals surface area contributed by atoms with Gasteiger partial charge in [-0.25, -0.2) is 8.42 Å². The van der Waals surface area contributed by atoms with Gasteiger partial charge in [-0.1, -0.05) is 23.2 Å². The second kappa shape index (κ2) is 5.31. The number of amides is 1. The Balaban J connectivity index is 3.22. The smallest absolute Gasteiger partial charge is 0.242 e. The van der Waals surface area contributed by atoms with Gasteiger partial charge >= 0.3 is 0 Å². The second-order valence-corrected chi connectivity index (χ2v) is 5.99. The van der Waals surface area contributed by atoms with E-state index < -0.39 is 22.0 Å². The first-order valence-electron chi connectivity index (χ1n) is 4.72. The number of benzene rings is 1. The first-order chi connectivity index (χ1) is 8.16. The van der Waals surface area contributed by atoms with Crippen LogP contribution in [-0.4, -0.2) is 20.4 Å². The predicted molar refractivity (Wildman–Crippen MR) is 69.9 cm³/mol. The fraction of sp³-hybridized carbons (Fsp3) is 0.222. The van der Waals surface area contributed by atoms with Crippen molar-refractivity contribution in [2.24, 2.45) is 5.73 Å². The topological polar surface area (TPSA) is 115 Å². The lowest BCUT2D eigenvalue weighted by atomic mass is 10.3. The summed E-state index contributed by atoms with van der Waals surface area (Å²) in [6, 6.07) is 1.42. The zero-order chi connectivity index (χ0) is 14.1. The largest absolute Gasteiger partial charge is 0.396 e. The molecule has 0 saturated carbocycles. The van der Waals surface area contributed by atoms with Crippen LogP contribution < -0.4 is 16.2 Å². The van der Waals surface area contributed by atoms with E-state index in [-0.39, 0.29) is 20.6 Å². The minimum atomic E-state index is -4.00. The summed E-state index contributed by atoms with van der Waals surface area (Å²) >= 11 is 11.5. The molecule has 0 aromatic heterocycles. The molecule has 9 heteroatoms. The Morgan fingerprint density at radius 3 is 2.44 bits per heavy atom. The van der Waals surface area contributed by atoms with Gasteiger partial charge in [-0.05, 0) is 19.1 Å². The van der Waals surface area contributed by atoms with Gasteiger partial charge < -0.3 is 11.5 Å². The van der Waals surface area contributed by atoms with E-state index in [4.69, 9.17) is 34.7 Å². The zero-order valence-corrected chi connectivity index (χ0v) is 11.6. The van der Waals surface area contributed by atoms with Crippen LogP contribution in [0, 0.1) is 0 Å². The molecular weight excluding hydrogens is 301 g/mol. The highest BCUT2D eigenvalue weighted by Crippen LogP contribution is 2.32. The van der Waals surface area contributed by atoms with Crippen molar-refractivity contribution in [3.63, 3.8) is 0 Å². The van der Waals surface area contributed by atoms with Gasteiger partial charge in [0.25, 0.3) is 0 Å². The van der Waals surface area contributed by atoms with E-state index >= 15 is 0 Å². The van der Waals surface area contributed by atoms with E-state index in [0.29, 0.717) is 0 Å². The first kappa shape index (κ1) is 15.0. The van der Waals surface area contributed by atoms with Gasteiger partial charge in [0.15, 0.2) is 0 Å². The normalized spacial score (nSPS) is 13.3. The van der Waals surface area contributed by atoms with Crippen LogP contribution in [0.4, 0.5) is 5.69 Å². The van der Waals surface area contributed by atoms with Crippen LogP contribution >= 0.6 is 23.2 Å². The number of hydrogen-bond acceptors (Lipinski definition) is 4. The molecule has 1 aromatic rings. The third kappa shape index (κ3) is 3.05. The number of anilines is 1. The summed E-state index contributed by atoms with van der Waals surface area (Å²) in [4.78, 5) is 10.6. The van der Waals surface area contributed by atoms with Crippen molar-refractivity contribution >= 4 is 44.8 Å². The Bertz CT molecular complexity index is 589. The van der Waals surface area contributed by atoms with E-state index in [1.165, 1.54) is 19.1 Å². The third-order valence-electron chi connectivity index (χ3n) is 2.14. The molecule has 0 heterocycles. The van der Waals surface area contributed by atoms with Crippen LogP contribution in [-0.2, 0) is 14.8 Å². The molecule has 1 atom stereocenters. The number of primary amides is 1. The van der Waals surface area contributed by atoms with Crippen LogP contribution in [0.1, 0.15) is 6.92 Å². The summed E-state index contributed by atoms with van der Waals surface area (Å²) in [5.41, 5.74) is 10.4. The monoisotopic (exact) mass is 311 g/mol. The number of carbonyl (C=O) groups is 1. The minimum Gasteiger partial charge on any atom is -0.396 e. The standard InChI is InChI=1S/C9H11Cl2N3O3S/c1-4(9(13)15)14-18(16,17)6-3-2-5(10)8(12)7(6)11/h2-4,14H,12H2,1H3,(H2,13,15). The summed E-state index contributed by atoms with van der Waals surface area (Å²) in [6.45, 7) is 1.31. The van der Waals surface area contributed by atoms with Gasteiger partial charge in [-0.2, -0.15) is 4.72 Å². The molecule has 0 radical (unpaired) electrons. The van der Waals surface area contributed by atoms with Crippen LogP contribution in [0.3, 0.4) is 0 Å². The Labute approximate surface area is 114 Å². The van der Waals surface area contributed by atoms with Crippen molar-refractivity contribution in [2.75, 3.05) is 5.73 Å². The Hall–Kier alpha value is -1.02. The molecule has 100 valence electrons. The summed E-state index contributed by atoms with van der Waals surface area (Å²) in [7, 11) is -4.00. The molecule has 1 rings (SSSR count). The number of hydrogen-bond donors (Lipinski definition) is 3. The lowest BCUT2D eigenvalue weighted by Crippen LogP contribution is -2.42. The van der Waals surface area contributed by atoms with Gasteiger partial charge in [0, 0.05) is 0 Å². The Morgan fingerprint density at radius 2 is 1.94 bits per heavy atom. The molecule has 0 fully saturated rings. The first-order valence-corrected chi connectivity index (χ1v) is 6.96. The van der Waals surface area contributed by atoms with Crippen molar-refractivity contribution < 1.29 is 13.2 Å². The van der Waals surface area contributed by atoms with Crippen molar-refractivity contribution in [3.8, 4) is 0 Å². The third-order valence-corrected chi connectivity index (χ3v) is 4.57. The second-order valence-electron chi connectivity index (χ2n) is 3.52. The van der Waals surface area contributed by atoms with Gasteiger partial charge in [0.2, 0.25) is 15.9 Å².